The maximum atomic E-state index is 12.4. The van der Waals surface area contributed by atoms with Crippen LogP contribution in [0.15, 0.2) is 10.7 Å². The molecule has 0 unspecified atom stereocenters. The van der Waals surface area contributed by atoms with Gasteiger partial charge in [-0.25, -0.2) is 0 Å². The SMILES string of the molecule is CCn1nc(C)c(NC(=O)[C@@H](C)n2cc(Br)c(C)n2)c1C. The van der Waals surface area contributed by atoms with Crippen LogP contribution in [0.4, 0.5) is 5.69 Å². The van der Waals surface area contributed by atoms with Gasteiger partial charge in [0, 0.05) is 12.7 Å². The van der Waals surface area contributed by atoms with Crippen LogP contribution in [0.25, 0.3) is 0 Å². The quantitative estimate of drug-likeness (QED) is 0.918. The second kappa shape index (κ2) is 6.01. The van der Waals surface area contributed by atoms with Crippen LogP contribution in [0.1, 0.15) is 37.0 Å². The Morgan fingerprint density at radius 3 is 2.48 bits per heavy atom. The Morgan fingerprint density at radius 2 is 2.00 bits per heavy atom. The van der Waals surface area contributed by atoms with Crippen LogP contribution in [0.3, 0.4) is 0 Å². The molecule has 0 bridgehead atoms. The zero-order chi connectivity index (χ0) is 15.7. The number of hydrogen-bond donors (Lipinski definition) is 1. The van der Waals surface area contributed by atoms with Gasteiger partial charge >= 0.3 is 0 Å². The summed E-state index contributed by atoms with van der Waals surface area (Å²) in [6, 6.07) is -0.390. The van der Waals surface area contributed by atoms with Gasteiger partial charge in [0.1, 0.15) is 6.04 Å². The highest BCUT2D eigenvalue weighted by molar-refractivity contribution is 9.10. The highest BCUT2D eigenvalue weighted by Crippen LogP contribution is 2.22. The second-order valence-corrected chi connectivity index (χ2v) is 5.92. The minimum absolute atomic E-state index is 0.105. The van der Waals surface area contributed by atoms with Gasteiger partial charge in [-0.2, -0.15) is 10.2 Å². The van der Waals surface area contributed by atoms with Crippen LogP contribution in [-0.2, 0) is 11.3 Å². The molecule has 1 amide bonds. The Morgan fingerprint density at radius 1 is 1.33 bits per heavy atom. The molecule has 7 heteroatoms. The standard InChI is InChI=1S/C14H20BrN5O/c1-6-19-10(4)13(9(3)18-19)16-14(21)11(5)20-7-12(15)8(2)17-20/h7,11H,6H2,1-5H3,(H,16,21)/t11-/m1/s1. The number of nitrogens with one attached hydrogen (secondary N) is 1. The van der Waals surface area contributed by atoms with Crippen molar-refractivity contribution in [3.63, 3.8) is 0 Å². The third-order valence-electron chi connectivity index (χ3n) is 3.56. The van der Waals surface area contributed by atoms with Gasteiger partial charge in [-0.3, -0.25) is 14.2 Å². The summed E-state index contributed by atoms with van der Waals surface area (Å²) in [6.07, 6.45) is 1.81. The van der Waals surface area contributed by atoms with Crippen molar-refractivity contribution in [2.75, 3.05) is 5.32 Å². The Bertz CT molecular complexity index is 654. The number of aromatic nitrogens is 4. The van der Waals surface area contributed by atoms with Crippen LogP contribution in [0.5, 0.6) is 0 Å². The molecule has 0 saturated carbocycles. The first-order chi connectivity index (χ1) is 9.85. The minimum atomic E-state index is -0.390. The van der Waals surface area contributed by atoms with E-state index in [1.54, 1.807) is 4.68 Å². The van der Waals surface area contributed by atoms with Gasteiger partial charge in [-0.15, -0.1) is 0 Å². The zero-order valence-corrected chi connectivity index (χ0v) is 14.5. The molecule has 1 N–H and O–H groups in total. The number of halogens is 1. The monoisotopic (exact) mass is 353 g/mol. The van der Waals surface area contributed by atoms with Gasteiger partial charge in [-0.05, 0) is 50.5 Å². The Hall–Kier alpha value is -1.63. The number of anilines is 1. The average Bonchev–Trinajstić information content (AvgIpc) is 2.92. The fraction of sp³-hybridized carbons (Fsp3) is 0.500. The smallest absolute Gasteiger partial charge is 0.249 e. The van der Waals surface area contributed by atoms with Gasteiger partial charge in [0.2, 0.25) is 5.91 Å². The van der Waals surface area contributed by atoms with Crippen molar-refractivity contribution in [2.24, 2.45) is 0 Å². The third kappa shape index (κ3) is 3.02. The predicted molar refractivity (Wildman–Crippen MR) is 85.4 cm³/mol. The number of carbonyl (C=O) groups excluding carboxylic acids is 1. The maximum absolute atomic E-state index is 12.4. The highest BCUT2D eigenvalue weighted by atomic mass is 79.9. The maximum Gasteiger partial charge on any atom is 0.249 e. The molecule has 0 spiro atoms. The van der Waals surface area contributed by atoms with E-state index >= 15 is 0 Å². The predicted octanol–water partition coefficient (Wildman–Crippen LogP) is 2.99. The van der Waals surface area contributed by atoms with E-state index in [2.05, 4.69) is 31.4 Å². The molecule has 0 aliphatic carbocycles. The van der Waals surface area contributed by atoms with Crippen LogP contribution >= 0.6 is 15.9 Å². The largest absolute Gasteiger partial charge is 0.321 e. The van der Waals surface area contributed by atoms with Crippen LogP contribution < -0.4 is 5.32 Å². The number of nitrogens with zero attached hydrogens (tertiary/aromatic N) is 4. The highest BCUT2D eigenvalue weighted by Gasteiger charge is 2.20. The van der Waals surface area contributed by atoms with Crippen LogP contribution in [0.2, 0.25) is 0 Å². The van der Waals surface area contributed by atoms with Crippen molar-refractivity contribution in [2.45, 2.75) is 47.2 Å². The van der Waals surface area contributed by atoms with E-state index in [9.17, 15) is 4.79 Å². The number of amides is 1. The molecule has 2 heterocycles. The topological polar surface area (TPSA) is 64.7 Å². The summed E-state index contributed by atoms with van der Waals surface area (Å²) in [7, 11) is 0. The lowest BCUT2D eigenvalue weighted by Crippen LogP contribution is -2.24. The first kappa shape index (κ1) is 15.8. The van der Waals surface area contributed by atoms with E-state index in [-0.39, 0.29) is 5.91 Å². The fourth-order valence-corrected chi connectivity index (χ4v) is 2.48. The molecular weight excluding hydrogens is 334 g/mol. The summed E-state index contributed by atoms with van der Waals surface area (Å²) in [5.74, 6) is -0.105. The third-order valence-corrected chi connectivity index (χ3v) is 4.34. The molecule has 0 aliphatic rings. The normalized spacial score (nSPS) is 12.5. The Labute approximate surface area is 132 Å². The number of hydrogen-bond acceptors (Lipinski definition) is 3. The van der Waals surface area contributed by atoms with Gasteiger partial charge in [0.15, 0.2) is 0 Å². The van der Waals surface area contributed by atoms with E-state index in [0.29, 0.717) is 0 Å². The van der Waals surface area contributed by atoms with Gasteiger partial charge in [0.05, 0.1) is 27.2 Å². The molecule has 0 radical (unpaired) electrons. The zero-order valence-electron chi connectivity index (χ0n) is 12.9. The van der Waals surface area contributed by atoms with Crippen LogP contribution in [0, 0.1) is 20.8 Å². The Kier molecular flexibility index (Phi) is 4.51. The lowest BCUT2D eigenvalue weighted by Gasteiger charge is -2.13. The van der Waals surface area contributed by atoms with Crippen molar-refractivity contribution in [1.82, 2.24) is 19.6 Å². The molecule has 114 valence electrons. The summed E-state index contributed by atoms with van der Waals surface area (Å²) in [5.41, 5.74) is 3.44. The van der Waals surface area contributed by atoms with E-state index in [1.807, 2.05) is 45.5 Å². The fourth-order valence-electron chi connectivity index (χ4n) is 2.19. The molecule has 2 rings (SSSR count). The average molecular weight is 354 g/mol. The molecule has 0 fully saturated rings. The van der Waals surface area contributed by atoms with E-state index < -0.39 is 6.04 Å². The van der Waals surface area contributed by atoms with Crippen molar-refractivity contribution in [1.29, 1.82) is 0 Å². The second-order valence-electron chi connectivity index (χ2n) is 5.07. The Balaban J connectivity index is 2.20. The van der Waals surface area contributed by atoms with Crippen molar-refractivity contribution in [3.8, 4) is 0 Å². The number of carbonyl (C=O) groups is 1. The first-order valence-corrected chi connectivity index (χ1v) is 7.70. The summed E-state index contributed by atoms with van der Waals surface area (Å²) in [4.78, 5) is 12.4. The van der Waals surface area contributed by atoms with Crippen molar-refractivity contribution >= 4 is 27.5 Å². The lowest BCUT2D eigenvalue weighted by molar-refractivity contribution is -0.119. The molecule has 6 nitrogen and oxygen atoms in total. The molecule has 2 aromatic rings. The van der Waals surface area contributed by atoms with E-state index in [1.165, 1.54) is 0 Å². The van der Waals surface area contributed by atoms with Crippen LogP contribution in [-0.4, -0.2) is 25.5 Å². The lowest BCUT2D eigenvalue weighted by atomic mass is 10.2. The van der Waals surface area contributed by atoms with Crippen molar-refractivity contribution in [3.05, 3.63) is 27.8 Å². The summed E-state index contributed by atoms with van der Waals surface area (Å²) < 4.78 is 4.43. The van der Waals surface area contributed by atoms with Gasteiger partial charge < -0.3 is 5.32 Å². The number of rotatable bonds is 4. The minimum Gasteiger partial charge on any atom is -0.321 e. The molecule has 0 aromatic carbocycles. The first-order valence-electron chi connectivity index (χ1n) is 6.91. The van der Waals surface area contributed by atoms with E-state index in [0.717, 1.165) is 33.8 Å². The molecule has 21 heavy (non-hydrogen) atoms. The van der Waals surface area contributed by atoms with Gasteiger partial charge in [0.25, 0.3) is 0 Å². The molecule has 0 aliphatic heterocycles. The molecule has 1 atom stereocenters. The number of aryl methyl sites for hydroxylation is 3. The summed E-state index contributed by atoms with van der Waals surface area (Å²) in [5, 5.41) is 11.7. The summed E-state index contributed by atoms with van der Waals surface area (Å²) in [6.45, 7) is 10.4. The molecule has 0 saturated heterocycles. The summed E-state index contributed by atoms with van der Waals surface area (Å²) >= 11 is 3.41. The van der Waals surface area contributed by atoms with E-state index in [4.69, 9.17) is 0 Å². The molecular formula is C14H20BrN5O. The van der Waals surface area contributed by atoms with Crippen molar-refractivity contribution < 1.29 is 4.79 Å². The molecule has 2 aromatic heterocycles. The van der Waals surface area contributed by atoms with Gasteiger partial charge in [-0.1, -0.05) is 0 Å².